The highest BCUT2D eigenvalue weighted by Gasteiger charge is 2.59. The van der Waals surface area contributed by atoms with Gasteiger partial charge in [-0.1, -0.05) is 22.9 Å². The summed E-state index contributed by atoms with van der Waals surface area (Å²) in [5.41, 5.74) is 2.06. The summed E-state index contributed by atoms with van der Waals surface area (Å²) in [7, 11) is 0. The van der Waals surface area contributed by atoms with Crippen molar-refractivity contribution in [2.75, 3.05) is 18.0 Å². The highest BCUT2D eigenvalue weighted by Crippen LogP contribution is 2.52. The molecule has 2 fully saturated rings. The molecule has 3 aliphatic rings. The molecule has 1 saturated heterocycles. The maximum Gasteiger partial charge on any atom is 0.209 e. The average molecular weight is 271 g/mol. The van der Waals surface area contributed by atoms with E-state index in [1.807, 2.05) is 0 Å². The summed E-state index contributed by atoms with van der Waals surface area (Å²) in [4.78, 5) is 7.98. The van der Waals surface area contributed by atoms with Crippen LogP contribution < -0.4 is 10.2 Å². The van der Waals surface area contributed by atoms with Gasteiger partial charge in [-0.2, -0.15) is 0 Å². The Bertz CT molecular complexity index is 554. The van der Waals surface area contributed by atoms with E-state index in [0.717, 1.165) is 30.8 Å². The predicted molar refractivity (Wildman–Crippen MR) is 79.6 cm³/mol. The zero-order valence-electron chi connectivity index (χ0n) is 12.3. The van der Waals surface area contributed by atoms with Crippen molar-refractivity contribution in [3.8, 4) is 0 Å². The topological polar surface area (TPSA) is 36.9 Å². The minimum absolute atomic E-state index is 0.394. The largest absolute Gasteiger partial charge is 0.366 e. The fourth-order valence-electron chi connectivity index (χ4n) is 3.66. The van der Waals surface area contributed by atoms with Crippen LogP contribution in [0.5, 0.6) is 0 Å². The van der Waals surface area contributed by atoms with Gasteiger partial charge in [0.25, 0.3) is 0 Å². The minimum atomic E-state index is -0.394. The summed E-state index contributed by atoms with van der Waals surface area (Å²) in [6.45, 7) is 8.52. The van der Waals surface area contributed by atoms with Crippen molar-refractivity contribution in [2.45, 2.75) is 26.5 Å². The molecule has 4 heteroatoms. The van der Waals surface area contributed by atoms with Crippen LogP contribution in [0, 0.1) is 24.7 Å². The highest BCUT2D eigenvalue weighted by atomic mass is 16.7. The molecule has 0 spiro atoms. The van der Waals surface area contributed by atoms with Gasteiger partial charge in [0.1, 0.15) is 0 Å². The molecule has 20 heavy (non-hydrogen) atoms. The number of oxime groups is 1. The van der Waals surface area contributed by atoms with Crippen LogP contribution >= 0.6 is 0 Å². The second-order valence-electron chi connectivity index (χ2n) is 6.67. The van der Waals surface area contributed by atoms with Gasteiger partial charge in [-0.05, 0) is 57.8 Å². The van der Waals surface area contributed by atoms with Crippen molar-refractivity contribution >= 4 is 11.5 Å². The van der Waals surface area contributed by atoms with Crippen LogP contribution in [0.1, 0.15) is 19.4 Å². The molecule has 1 aliphatic carbocycles. The zero-order valence-corrected chi connectivity index (χ0v) is 12.3. The molecule has 0 bridgehead atoms. The SMILES string of the molecule is Cc1ccc(N2C(C3[C@H]4CNC[C@@H]34)=NOC2(C)C)cc1. The standard InChI is InChI=1S/C16H21N3O/c1-10-4-6-11(7-5-10)19-15(18-20-16(19,2)3)14-12-8-17-9-13(12)14/h4-7,12-14,17H,8-9H2,1-3H3/t12-,13+,14?. The summed E-state index contributed by atoms with van der Waals surface area (Å²) in [5.74, 6) is 3.19. The molecule has 1 aromatic rings. The van der Waals surface area contributed by atoms with E-state index < -0.39 is 5.72 Å². The molecule has 4 nitrogen and oxygen atoms in total. The minimum Gasteiger partial charge on any atom is -0.366 e. The molecule has 2 aliphatic heterocycles. The van der Waals surface area contributed by atoms with Crippen LogP contribution in [-0.4, -0.2) is 24.7 Å². The number of benzene rings is 1. The smallest absolute Gasteiger partial charge is 0.209 e. The van der Waals surface area contributed by atoms with Gasteiger partial charge < -0.3 is 10.2 Å². The van der Waals surface area contributed by atoms with Gasteiger partial charge >= 0.3 is 0 Å². The molecule has 1 aromatic carbocycles. The van der Waals surface area contributed by atoms with E-state index in [1.54, 1.807) is 0 Å². The predicted octanol–water partition coefficient (Wildman–Crippen LogP) is 2.35. The van der Waals surface area contributed by atoms with Gasteiger partial charge in [-0.15, -0.1) is 0 Å². The Balaban J connectivity index is 1.67. The van der Waals surface area contributed by atoms with Gasteiger partial charge in [-0.3, -0.25) is 4.90 Å². The van der Waals surface area contributed by atoms with Crippen LogP contribution in [0.2, 0.25) is 0 Å². The number of nitrogens with zero attached hydrogens (tertiary/aromatic N) is 2. The van der Waals surface area contributed by atoms with Gasteiger partial charge in [0.2, 0.25) is 5.72 Å². The monoisotopic (exact) mass is 271 g/mol. The van der Waals surface area contributed by atoms with Crippen LogP contribution in [0.3, 0.4) is 0 Å². The van der Waals surface area contributed by atoms with Crippen molar-refractivity contribution in [3.63, 3.8) is 0 Å². The number of anilines is 1. The number of piperidine rings is 1. The Labute approximate surface area is 119 Å². The van der Waals surface area contributed by atoms with Crippen molar-refractivity contribution < 1.29 is 4.84 Å². The Kier molecular flexibility index (Phi) is 2.43. The molecule has 0 radical (unpaired) electrons. The van der Waals surface area contributed by atoms with Gasteiger partial charge in [-0.25, -0.2) is 0 Å². The van der Waals surface area contributed by atoms with Gasteiger partial charge in [0.05, 0.1) is 0 Å². The molecule has 0 amide bonds. The second-order valence-corrected chi connectivity index (χ2v) is 6.67. The molecule has 1 unspecified atom stereocenters. The number of hydrogen-bond acceptors (Lipinski definition) is 4. The van der Waals surface area contributed by atoms with Gasteiger partial charge in [0, 0.05) is 11.6 Å². The Morgan fingerprint density at radius 2 is 1.85 bits per heavy atom. The quantitative estimate of drug-likeness (QED) is 0.897. The fourth-order valence-corrected chi connectivity index (χ4v) is 3.66. The molecule has 106 valence electrons. The highest BCUT2D eigenvalue weighted by molar-refractivity contribution is 6.03. The zero-order chi connectivity index (χ0) is 13.9. The second kappa shape index (κ2) is 3.98. The lowest BCUT2D eigenvalue weighted by Crippen LogP contribution is -2.45. The third kappa shape index (κ3) is 1.67. The Hall–Kier alpha value is -1.55. The first-order valence-electron chi connectivity index (χ1n) is 7.41. The Morgan fingerprint density at radius 1 is 1.20 bits per heavy atom. The first-order chi connectivity index (χ1) is 9.58. The summed E-state index contributed by atoms with van der Waals surface area (Å²) in [6, 6.07) is 8.63. The average Bonchev–Trinajstić information content (AvgIpc) is 2.77. The van der Waals surface area contributed by atoms with Crippen LogP contribution in [0.4, 0.5) is 5.69 Å². The van der Waals surface area contributed by atoms with Crippen LogP contribution in [0.15, 0.2) is 29.4 Å². The van der Waals surface area contributed by atoms with Crippen molar-refractivity contribution in [1.29, 1.82) is 0 Å². The first-order valence-corrected chi connectivity index (χ1v) is 7.41. The number of aryl methyl sites for hydroxylation is 1. The number of hydrogen-bond donors (Lipinski definition) is 1. The lowest BCUT2D eigenvalue weighted by Gasteiger charge is -2.31. The van der Waals surface area contributed by atoms with E-state index in [9.17, 15) is 0 Å². The molecular weight excluding hydrogens is 250 g/mol. The first kappa shape index (κ1) is 12.2. The number of fused-ring (bicyclic) bond motifs is 1. The van der Waals surface area contributed by atoms with E-state index in [1.165, 1.54) is 11.3 Å². The third-order valence-corrected chi connectivity index (χ3v) is 4.81. The van der Waals surface area contributed by atoms with Gasteiger partial charge in [0.15, 0.2) is 5.84 Å². The molecular formula is C16H21N3O. The molecule has 1 N–H and O–H groups in total. The van der Waals surface area contributed by atoms with E-state index in [-0.39, 0.29) is 0 Å². The normalized spacial score (nSPS) is 33.6. The van der Waals surface area contributed by atoms with Crippen molar-refractivity contribution in [1.82, 2.24) is 5.32 Å². The maximum absolute atomic E-state index is 5.71. The molecule has 2 heterocycles. The third-order valence-electron chi connectivity index (χ3n) is 4.81. The maximum atomic E-state index is 5.71. The van der Waals surface area contributed by atoms with E-state index in [4.69, 9.17) is 4.84 Å². The molecule has 1 saturated carbocycles. The fraction of sp³-hybridized carbons (Fsp3) is 0.562. The number of nitrogens with one attached hydrogen (secondary N) is 1. The lowest BCUT2D eigenvalue weighted by atomic mass is 10.1. The summed E-state index contributed by atoms with van der Waals surface area (Å²) >= 11 is 0. The lowest BCUT2D eigenvalue weighted by molar-refractivity contribution is 0.0138. The molecule has 4 rings (SSSR count). The summed E-state index contributed by atoms with van der Waals surface area (Å²) in [5, 5.41) is 7.87. The van der Waals surface area contributed by atoms with Crippen LogP contribution in [-0.2, 0) is 4.84 Å². The number of rotatable bonds is 2. The van der Waals surface area contributed by atoms with E-state index in [2.05, 4.69) is 60.4 Å². The Morgan fingerprint density at radius 3 is 2.50 bits per heavy atom. The van der Waals surface area contributed by atoms with E-state index in [0.29, 0.717) is 5.92 Å². The van der Waals surface area contributed by atoms with Crippen LogP contribution in [0.25, 0.3) is 0 Å². The molecule has 3 atom stereocenters. The number of amidine groups is 1. The summed E-state index contributed by atoms with van der Waals surface area (Å²) < 4.78 is 0. The molecule has 0 aromatic heterocycles. The summed E-state index contributed by atoms with van der Waals surface area (Å²) in [6.07, 6.45) is 0. The van der Waals surface area contributed by atoms with Crippen molar-refractivity contribution in [2.24, 2.45) is 22.9 Å². The van der Waals surface area contributed by atoms with Crippen molar-refractivity contribution in [3.05, 3.63) is 29.8 Å². The van der Waals surface area contributed by atoms with E-state index >= 15 is 0 Å².